The summed E-state index contributed by atoms with van der Waals surface area (Å²) in [6.45, 7) is 2.38. The SMILES string of the molecule is Cc1cc(=O)n(C)nc1C(=O)Nc1cccc(-c2ccc3c(c2)CCO3)n1. The van der Waals surface area contributed by atoms with E-state index in [0.29, 0.717) is 18.0 Å². The van der Waals surface area contributed by atoms with E-state index in [1.807, 2.05) is 24.3 Å². The molecule has 0 atom stereocenters. The lowest BCUT2D eigenvalue weighted by Crippen LogP contribution is -2.25. The molecule has 1 N–H and O–H groups in total. The van der Waals surface area contributed by atoms with E-state index in [4.69, 9.17) is 4.74 Å². The van der Waals surface area contributed by atoms with Crippen LogP contribution in [0.1, 0.15) is 21.6 Å². The molecule has 0 aliphatic carbocycles. The predicted octanol–water partition coefficient (Wildman–Crippen LogP) is 2.34. The summed E-state index contributed by atoms with van der Waals surface area (Å²) < 4.78 is 6.67. The molecule has 136 valence electrons. The van der Waals surface area contributed by atoms with Gasteiger partial charge in [0.25, 0.3) is 11.5 Å². The number of ether oxygens (including phenoxy) is 1. The number of fused-ring (bicyclic) bond motifs is 1. The molecule has 7 heteroatoms. The molecular formula is C20H18N4O3. The van der Waals surface area contributed by atoms with Crippen LogP contribution in [0.3, 0.4) is 0 Å². The molecule has 0 saturated heterocycles. The van der Waals surface area contributed by atoms with Crippen molar-refractivity contribution in [3.63, 3.8) is 0 Å². The second-order valence-corrected chi connectivity index (χ2v) is 6.42. The fourth-order valence-electron chi connectivity index (χ4n) is 3.04. The first kappa shape index (κ1) is 17.0. The second kappa shape index (κ2) is 6.68. The van der Waals surface area contributed by atoms with Crippen LogP contribution in [-0.2, 0) is 13.5 Å². The molecule has 0 unspecified atom stereocenters. The van der Waals surface area contributed by atoms with E-state index >= 15 is 0 Å². The Morgan fingerprint density at radius 1 is 1.22 bits per heavy atom. The zero-order valence-corrected chi connectivity index (χ0v) is 15.0. The summed E-state index contributed by atoms with van der Waals surface area (Å²) in [5.74, 6) is 0.929. The third kappa shape index (κ3) is 3.31. The average molecular weight is 362 g/mol. The van der Waals surface area contributed by atoms with Crippen molar-refractivity contribution in [3.8, 4) is 17.0 Å². The molecule has 3 heterocycles. The highest BCUT2D eigenvalue weighted by Crippen LogP contribution is 2.30. The first-order valence-corrected chi connectivity index (χ1v) is 8.61. The number of amides is 1. The van der Waals surface area contributed by atoms with Crippen molar-refractivity contribution in [2.75, 3.05) is 11.9 Å². The summed E-state index contributed by atoms with van der Waals surface area (Å²) in [6, 6.07) is 12.8. The van der Waals surface area contributed by atoms with Crippen molar-refractivity contribution in [2.24, 2.45) is 7.05 Å². The Labute approximate surface area is 155 Å². The van der Waals surface area contributed by atoms with E-state index in [2.05, 4.69) is 21.5 Å². The smallest absolute Gasteiger partial charge is 0.277 e. The van der Waals surface area contributed by atoms with Crippen molar-refractivity contribution < 1.29 is 9.53 Å². The highest BCUT2D eigenvalue weighted by atomic mass is 16.5. The van der Waals surface area contributed by atoms with Crippen LogP contribution in [0, 0.1) is 6.92 Å². The maximum absolute atomic E-state index is 12.6. The Hall–Kier alpha value is -3.48. The molecular weight excluding hydrogens is 344 g/mol. The van der Waals surface area contributed by atoms with Crippen LogP contribution in [0.25, 0.3) is 11.3 Å². The molecule has 0 bridgehead atoms. The highest BCUT2D eigenvalue weighted by Gasteiger charge is 2.15. The van der Waals surface area contributed by atoms with Gasteiger partial charge in [-0.3, -0.25) is 9.59 Å². The Kier molecular flexibility index (Phi) is 4.19. The summed E-state index contributed by atoms with van der Waals surface area (Å²) in [4.78, 5) is 28.7. The fraction of sp³-hybridized carbons (Fsp3) is 0.200. The van der Waals surface area contributed by atoms with Gasteiger partial charge in [0, 0.05) is 25.1 Å². The number of nitrogens with zero attached hydrogens (tertiary/aromatic N) is 3. The zero-order chi connectivity index (χ0) is 19.0. The van der Waals surface area contributed by atoms with Crippen LogP contribution >= 0.6 is 0 Å². The molecule has 0 spiro atoms. The van der Waals surface area contributed by atoms with E-state index in [9.17, 15) is 9.59 Å². The number of carbonyl (C=O) groups is 1. The Balaban J connectivity index is 1.61. The summed E-state index contributed by atoms with van der Waals surface area (Å²) in [6.07, 6.45) is 0.886. The van der Waals surface area contributed by atoms with Crippen LogP contribution in [0.4, 0.5) is 5.82 Å². The van der Waals surface area contributed by atoms with Crippen molar-refractivity contribution in [1.82, 2.24) is 14.8 Å². The lowest BCUT2D eigenvalue weighted by molar-refractivity contribution is 0.101. The van der Waals surface area contributed by atoms with Gasteiger partial charge in [0.2, 0.25) is 0 Å². The Morgan fingerprint density at radius 3 is 2.93 bits per heavy atom. The van der Waals surface area contributed by atoms with Crippen molar-refractivity contribution in [2.45, 2.75) is 13.3 Å². The van der Waals surface area contributed by atoms with Gasteiger partial charge < -0.3 is 10.1 Å². The Bertz CT molecular complexity index is 1100. The maximum Gasteiger partial charge on any atom is 0.277 e. The van der Waals surface area contributed by atoms with Crippen molar-refractivity contribution >= 4 is 11.7 Å². The minimum Gasteiger partial charge on any atom is -0.493 e. The van der Waals surface area contributed by atoms with E-state index in [0.717, 1.165) is 33.7 Å². The van der Waals surface area contributed by atoms with Crippen LogP contribution in [0.15, 0.2) is 47.3 Å². The standard InChI is InChI=1S/C20H18N4O3/c1-12-10-18(25)24(2)23-19(12)20(26)22-17-5-3-4-15(21-17)13-6-7-16-14(11-13)8-9-27-16/h3-7,10-11H,8-9H2,1-2H3,(H,21,22,26). The number of hydrogen-bond acceptors (Lipinski definition) is 5. The normalized spacial score (nSPS) is 12.4. The quantitative estimate of drug-likeness (QED) is 0.773. The number of aryl methyl sites for hydroxylation is 2. The van der Waals surface area contributed by atoms with E-state index in [1.54, 1.807) is 13.0 Å². The van der Waals surface area contributed by atoms with Gasteiger partial charge in [-0.2, -0.15) is 5.10 Å². The summed E-state index contributed by atoms with van der Waals surface area (Å²) in [5, 5.41) is 6.79. The number of aromatic nitrogens is 3. The minimum atomic E-state index is -0.407. The van der Waals surface area contributed by atoms with Gasteiger partial charge in [-0.25, -0.2) is 9.67 Å². The van der Waals surface area contributed by atoms with E-state index in [1.165, 1.54) is 13.1 Å². The first-order chi connectivity index (χ1) is 13.0. The molecule has 4 rings (SSSR count). The summed E-state index contributed by atoms with van der Waals surface area (Å²) in [7, 11) is 1.51. The van der Waals surface area contributed by atoms with Gasteiger partial charge >= 0.3 is 0 Å². The topological polar surface area (TPSA) is 86.1 Å². The second-order valence-electron chi connectivity index (χ2n) is 6.42. The largest absolute Gasteiger partial charge is 0.493 e. The Morgan fingerprint density at radius 2 is 2.07 bits per heavy atom. The number of hydrogen-bond donors (Lipinski definition) is 1. The van der Waals surface area contributed by atoms with Crippen LogP contribution in [0.2, 0.25) is 0 Å². The number of rotatable bonds is 3. The molecule has 0 radical (unpaired) electrons. The molecule has 1 amide bonds. The molecule has 7 nitrogen and oxygen atoms in total. The monoisotopic (exact) mass is 362 g/mol. The van der Waals surface area contributed by atoms with Crippen LogP contribution in [0.5, 0.6) is 5.75 Å². The average Bonchev–Trinajstić information content (AvgIpc) is 3.12. The fourth-order valence-corrected chi connectivity index (χ4v) is 3.04. The molecule has 1 aliphatic rings. The molecule has 1 aliphatic heterocycles. The predicted molar refractivity (Wildman–Crippen MR) is 101 cm³/mol. The van der Waals surface area contributed by atoms with Crippen LogP contribution < -0.4 is 15.6 Å². The van der Waals surface area contributed by atoms with Gasteiger partial charge in [0.15, 0.2) is 5.69 Å². The summed E-state index contributed by atoms with van der Waals surface area (Å²) >= 11 is 0. The van der Waals surface area contributed by atoms with Crippen LogP contribution in [-0.4, -0.2) is 27.3 Å². The molecule has 0 fully saturated rings. The van der Waals surface area contributed by atoms with E-state index < -0.39 is 5.91 Å². The number of nitrogens with one attached hydrogen (secondary N) is 1. The van der Waals surface area contributed by atoms with Gasteiger partial charge in [0.05, 0.1) is 12.3 Å². The third-order valence-electron chi connectivity index (χ3n) is 4.47. The lowest BCUT2D eigenvalue weighted by atomic mass is 10.1. The van der Waals surface area contributed by atoms with Crippen molar-refractivity contribution in [1.29, 1.82) is 0 Å². The summed E-state index contributed by atoms with van der Waals surface area (Å²) in [5.41, 5.74) is 3.34. The van der Waals surface area contributed by atoms with Gasteiger partial charge in [-0.05, 0) is 48.4 Å². The van der Waals surface area contributed by atoms with Gasteiger partial charge in [-0.15, -0.1) is 0 Å². The molecule has 0 saturated carbocycles. The number of pyridine rings is 1. The van der Waals surface area contributed by atoms with Crippen molar-refractivity contribution in [3.05, 3.63) is 69.6 Å². The molecule has 3 aromatic rings. The zero-order valence-electron chi connectivity index (χ0n) is 15.0. The first-order valence-electron chi connectivity index (χ1n) is 8.61. The lowest BCUT2D eigenvalue weighted by Gasteiger charge is -2.09. The molecule has 2 aromatic heterocycles. The number of carbonyl (C=O) groups excluding carboxylic acids is 1. The maximum atomic E-state index is 12.6. The van der Waals surface area contributed by atoms with Gasteiger partial charge in [-0.1, -0.05) is 6.07 Å². The number of benzene rings is 1. The van der Waals surface area contributed by atoms with Gasteiger partial charge in [0.1, 0.15) is 11.6 Å². The molecule has 27 heavy (non-hydrogen) atoms. The third-order valence-corrected chi connectivity index (χ3v) is 4.47. The molecule has 1 aromatic carbocycles. The van der Waals surface area contributed by atoms with E-state index in [-0.39, 0.29) is 11.3 Å². The highest BCUT2D eigenvalue weighted by molar-refractivity contribution is 6.03. The minimum absolute atomic E-state index is 0.194. The number of anilines is 1.